The summed E-state index contributed by atoms with van der Waals surface area (Å²) >= 11 is 3.09. The summed E-state index contributed by atoms with van der Waals surface area (Å²) in [5.41, 5.74) is 1.32. The zero-order chi connectivity index (χ0) is 20.2. The fourth-order valence-corrected chi connectivity index (χ4v) is 6.31. The number of hydrogen-bond acceptors (Lipinski definition) is 6. The minimum Gasteiger partial charge on any atom is -0.378 e. The number of carbonyl (C=O) groups excluding carboxylic acids is 1. The summed E-state index contributed by atoms with van der Waals surface area (Å²) in [7, 11) is 0. The average Bonchev–Trinajstić information content (AvgIpc) is 3.13. The number of nitrogens with zero attached hydrogens (tertiary/aromatic N) is 3. The summed E-state index contributed by atoms with van der Waals surface area (Å²) < 4.78 is 7.16. The number of carbonyl (C=O) groups is 1. The third-order valence-electron chi connectivity index (χ3n) is 5.71. The molecule has 0 atom stereocenters. The summed E-state index contributed by atoms with van der Waals surface area (Å²) in [6, 6.07) is 0. The maximum atomic E-state index is 13.4. The molecule has 0 aromatic carbocycles. The van der Waals surface area contributed by atoms with Crippen molar-refractivity contribution in [1.29, 1.82) is 0 Å². The van der Waals surface area contributed by atoms with Gasteiger partial charge in [-0.1, -0.05) is 31.5 Å². The molecule has 2 aromatic rings. The van der Waals surface area contributed by atoms with Gasteiger partial charge in [0.15, 0.2) is 5.16 Å². The Morgan fingerprint density at radius 1 is 1.21 bits per heavy atom. The average molecular weight is 436 g/mol. The van der Waals surface area contributed by atoms with Crippen molar-refractivity contribution >= 4 is 39.2 Å². The van der Waals surface area contributed by atoms with E-state index < -0.39 is 0 Å². The van der Waals surface area contributed by atoms with Gasteiger partial charge in [-0.2, -0.15) is 0 Å². The van der Waals surface area contributed by atoms with E-state index in [1.807, 2.05) is 9.47 Å². The molecule has 0 bridgehead atoms. The fraction of sp³-hybridized carbons (Fsp3) is 0.667. The topological polar surface area (TPSA) is 64.4 Å². The molecule has 29 heavy (non-hydrogen) atoms. The monoisotopic (exact) mass is 435 g/mol. The highest BCUT2D eigenvalue weighted by atomic mass is 32.2. The molecule has 1 fully saturated rings. The number of thiophene rings is 1. The molecule has 1 aliphatic heterocycles. The number of aryl methyl sites for hydroxylation is 2. The smallest absolute Gasteiger partial charge is 0.263 e. The predicted octanol–water partition coefficient (Wildman–Crippen LogP) is 3.48. The van der Waals surface area contributed by atoms with Crippen LogP contribution in [0.4, 0.5) is 0 Å². The van der Waals surface area contributed by atoms with Gasteiger partial charge < -0.3 is 9.64 Å². The molecule has 1 amide bonds. The van der Waals surface area contributed by atoms with Crippen LogP contribution in [0.5, 0.6) is 0 Å². The summed E-state index contributed by atoms with van der Waals surface area (Å²) in [5, 5.41) is 1.53. The van der Waals surface area contributed by atoms with E-state index in [9.17, 15) is 9.59 Å². The number of morpholine rings is 1. The number of fused-ring (bicyclic) bond motifs is 3. The largest absolute Gasteiger partial charge is 0.378 e. The first kappa shape index (κ1) is 20.9. The first-order valence-corrected chi connectivity index (χ1v) is 12.5. The van der Waals surface area contributed by atoms with E-state index in [4.69, 9.17) is 9.72 Å². The molecule has 0 radical (unpaired) electrons. The molecule has 0 spiro atoms. The maximum absolute atomic E-state index is 13.4. The molecule has 2 aromatic heterocycles. The van der Waals surface area contributed by atoms with E-state index in [1.54, 1.807) is 11.3 Å². The lowest BCUT2D eigenvalue weighted by molar-refractivity contribution is -0.132. The Morgan fingerprint density at radius 2 is 2.00 bits per heavy atom. The second kappa shape index (κ2) is 9.62. The molecule has 1 aliphatic carbocycles. The van der Waals surface area contributed by atoms with Crippen molar-refractivity contribution in [2.24, 2.45) is 0 Å². The van der Waals surface area contributed by atoms with Crippen LogP contribution in [-0.2, 0) is 28.9 Å². The zero-order valence-corrected chi connectivity index (χ0v) is 18.7. The standard InChI is InChI=1S/C21H29N3O3S2/c1-2-3-6-9-24-20(26)18-15-7-4-5-8-16(15)29-19(18)22-21(24)28-14-17(25)23-10-12-27-13-11-23/h2-14H2,1H3. The lowest BCUT2D eigenvalue weighted by Gasteiger charge is -2.26. The Kier molecular flexibility index (Phi) is 6.92. The Labute approximate surface area is 179 Å². The van der Waals surface area contributed by atoms with Crippen molar-refractivity contribution in [1.82, 2.24) is 14.5 Å². The molecule has 3 heterocycles. The normalized spacial score (nSPS) is 16.9. The van der Waals surface area contributed by atoms with Gasteiger partial charge in [-0.3, -0.25) is 14.2 Å². The first-order valence-electron chi connectivity index (χ1n) is 10.7. The van der Waals surface area contributed by atoms with Crippen molar-refractivity contribution in [3.05, 3.63) is 20.8 Å². The lowest BCUT2D eigenvalue weighted by atomic mass is 9.97. The number of thioether (sulfide) groups is 1. The third-order valence-corrected chi connectivity index (χ3v) is 7.86. The second-order valence-electron chi connectivity index (χ2n) is 7.73. The van der Waals surface area contributed by atoms with Gasteiger partial charge in [0.25, 0.3) is 5.56 Å². The van der Waals surface area contributed by atoms with E-state index in [0.717, 1.165) is 48.7 Å². The van der Waals surface area contributed by atoms with E-state index in [-0.39, 0.29) is 11.5 Å². The molecule has 1 saturated heterocycles. The fourth-order valence-electron chi connectivity index (χ4n) is 4.08. The minimum atomic E-state index is 0.0897. The number of unbranched alkanes of at least 4 members (excludes halogenated alkanes) is 2. The molecule has 4 rings (SSSR count). The number of ether oxygens (including phenoxy) is 1. The predicted molar refractivity (Wildman–Crippen MR) is 118 cm³/mol. The molecular weight excluding hydrogens is 406 g/mol. The summed E-state index contributed by atoms with van der Waals surface area (Å²) in [6.45, 7) is 5.33. The molecule has 0 N–H and O–H groups in total. The molecule has 0 unspecified atom stereocenters. The molecule has 6 nitrogen and oxygen atoms in total. The van der Waals surface area contributed by atoms with Crippen molar-refractivity contribution in [3.8, 4) is 0 Å². The van der Waals surface area contributed by atoms with Gasteiger partial charge in [0.2, 0.25) is 5.91 Å². The van der Waals surface area contributed by atoms with Gasteiger partial charge in [-0.15, -0.1) is 11.3 Å². The maximum Gasteiger partial charge on any atom is 0.263 e. The summed E-state index contributed by atoms with van der Waals surface area (Å²) in [6.07, 6.45) is 7.55. The van der Waals surface area contributed by atoms with Gasteiger partial charge in [-0.25, -0.2) is 4.98 Å². The Hall–Kier alpha value is -1.38. The Morgan fingerprint density at radius 3 is 2.79 bits per heavy atom. The van der Waals surface area contributed by atoms with Gasteiger partial charge in [0.05, 0.1) is 24.4 Å². The summed E-state index contributed by atoms with van der Waals surface area (Å²) in [4.78, 5) is 34.9. The van der Waals surface area contributed by atoms with Crippen LogP contribution in [0.1, 0.15) is 49.5 Å². The zero-order valence-electron chi connectivity index (χ0n) is 17.1. The SMILES string of the molecule is CCCCCn1c(SCC(=O)N2CCOCC2)nc2sc3c(c2c1=O)CCCC3. The minimum absolute atomic E-state index is 0.0897. The van der Waals surface area contributed by atoms with E-state index in [1.165, 1.54) is 28.6 Å². The molecule has 158 valence electrons. The number of aromatic nitrogens is 2. The van der Waals surface area contributed by atoms with Crippen LogP contribution in [0.2, 0.25) is 0 Å². The first-order chi connectivity index (χ1) is 14.2. The summed E-state index contributed by atoms with van der Waals surface area (Å²) in [5.74, 6) is 0.412. The highest BCUT2D eigenvalue weighted by Gasteiger charge is 2.23. The molecule has 0 saturated carbocycles. The molecule has 2 aliphatic rings. The van der Waals surface area contributed by atoms with Crippen LogP contribution in [0.25, 0.3) is 10.2 Å². The van der Waals surface area contributed by atoms with Gasteiger partial charge >= 0.3 is 0 Å². The molecule has 8 heteroatoms. The van der Waals surface area contributed by atoms with E-state index in [2.05, 4.69) is 6.92 Å². The third kappa shape index (κ3) is 4.54. The van der Waals surface area contributed by atoms with Crippen LogP contribution in [0.3, 0.4) is 0 Å². The van der Waals surface area contributed by atoms with Crippen LogP contribution in [-0.4, -0.2) is 52.4 Å². The van der Waals surface area contributed by atoms with Crippen molar-refractivity contribution in [3.63, 3.8) is 0 Å². The Bertz CT molecular complexity index is 931. The second-order valence-corrected chi connectivity index (χ2v) is 9.76. The van der Waals surface area contributed by atoms with Crippen LogP contribution >= 0.6 is 23.1 Å². The van der Waals surface area contributed by atoms with Crippen molar-refractivity contribution in [2.75, 3.05) is 32.1 Å². The van der Waals surface area contributed by atoms with E-state index >= 15 is 0 Å². The highest BCUT2D eigenvalue weighted by molar-refractivity contribution is 7.99. The quantitative estimate of drug-likeness (QED) is 0.378. The van der Waals surface area contributed by atoms with Crippen molar-refractivity contribution in [2.45, 2.75) is 63.6 Å². The van der Waals surface area contributed by atoms with E-state index in [0.29, 0.717) is 43.8 Å². The highest BCUT2D eigenvalue weighted by Crippen LogP contribution is 2.34. The number of hydrogen-bond donors (Lipinski definition) is 0. The number of amides is 1. The number of rotatable bonds is 7. The van der Waals surface area contributed by atoms with Gasteiger partial charge in [0, 0.05) is 24.5 Å². The molecular formula is C21H29N3O3S2. The van der Waals surface area contributed by atoms with Crippen LogP contribution < -0.4 is 5.56 Å². The van der Waals surface area contributed by atoms with Gasteiger partial charge in [-0.05, 0) is 37.7 Å². The van der Waals surface area contributed by atoms with Crippen LogP contribution in [0.15, 0.2) is 9.95 Å². The van der Waals surface area contributed by atoms with Crippen LogP contribution in [0, 0.1) is 0 Å². The van der Waals surface area contributed by atoms with Gasteiger partial charge in [0.1, 0.15) is 4.83 Å². The Balaban J connectivity index is 1.62. The van der Waals surface area contributed by atoms with Crippen molar-refractivity contribution < 1.29 is 9.53 Å². The lowest BCUT2D eigenvalue weighted by Crippen LogP contribution is -2.41.